The largest absolute Gasteiger partial charge is 0.326 e. The minimum atomic E-state index is -0.443. The van der Waals surface area contributed by atoms with Crippen LogP contribution in [0.2, 0.25) is 0 Å². The number of amides is 1. The molecular weight excluding hydrogens is 304 g/mol. The van der Waals surface area contributed by atoms with E-state index in [4.69, 9.17) is 0 Å². The number of nitro benzene ring substituents is 1. The third kappa shape index (κ3) is 4.65. The van der Waals surface area contributed by atoms with Gasteiger partial charge in [-0.25, -0.2) is 0 Å². The molecule has 24 heavy (non-hydrogen) atoms. The molecule has 0 unspecified atom stereocenters. The second-order valence-corrected chi connectivity index (χ2v) is 6.20. The van der Waals surface area contributed by atoms with Crippen LogP contribution in [0, 0.1) is 17.0 Å². The molecule has 0 bridgehead atoms. The van der Waals surface area contributed by atoms with Gasteiger partial charge in [0.05, 0.1) is 4.92 Å². The number of carbonyl (C=O) groups excluding carboxylic acids is 1. The molecule has 0 saturated carbocycles. The Morgan fingerprint density at radius 3 is 2.42 bits per heavy atom. The zero-order valence-electron chi connectivity index (χ0n) is 14.2. The monoisotopic (exact) mass is 326 g/mol. The maximum absolute atomic E-state index is 12.0. The average molecular weight is 326 g/mol. The highest BCUT2D eigenvalue weighted by Crippen LogP contribution is 2.22. The lowest BCUT2D eigenvalue weighted by Crippen LogP contribution is -2.12. The van der Waals surface area contributed by atoms with Gasteiger partial charge in [0.1, 0.15) is 0 Å². The Labute approximate surface area is 141 Å². The number of anilines is 1. The molecule has 2 aromatic rings. The Balaban J connectivity index is 1.94. The number of nitrogens with zero attached hydrogens (tertiary/aromatic N) is 1. The van der Waals surface area contributed by atoms with Crippen molar-refractivity contribution in [1.29, 1.82) is 0 Å². The van der Waals surface area contributed by atoms with Crippen molar-refractivity contribution in [3.8, 4) is 0 Å². The lowest BCUT2D eigenvalue weighted by atomic mass is 10.0. The van der Waals surface area contributed by atoms with E-state index < -0.39 is 4.92 Å². The summed E-state index contributed by atoms with van der Waals surface area (Å²) in [5.41, 5.74) is 3.41. The lowest BCUT2D eigenvalue weighted by molar-refractivity contribution is -0.385. The predicted octanol–water partition coefficient (Wildman–Crippen LogP) is 4.60. The fourth-order valence-corrected chi connectivity index (χ4v) is 2.43. The van der Waals surface area contributed by atoms with Gasteiger partial charge in [-0.2, -0.15) is 0 Å². The van der Waals surface area contributed by atoms with Crippen LogP contribution in [0.15, 0.2) is 42.5 Å². The van der Waals surface area contributed by atoms with Gasteiger partial charge in [-0.15, -0.1) is 0 Å². The molecule has 0 atom stereocenters. The highest BCUT2D eigenvalue weighted by Gasteiger charge is 2.12. The quantitative estimate of drug-likeness (QED) is 0.623. The van der Waals surface area contributed by atoms with Crippen LogP contribution in [0.3, 0.4) is 0 Å². The molecule has 0 heterocycles. The number of hydrogen-bond donors (Lipinski definition) is 1. The molecular formula is C19H22N2O3. The maximum Gasteiger partial charge on any atom is 0.274 e. The van der Waals surface area contributed by atoms with Gasteiger partial charge < -0.3 is 5.32 Å². The smallest absolute Gasteiger partial charge is 0.274 e. The summed E-state index contributed by atoms with van der Waals surface area (Å²) in [6.45, 7) is 5.96. The highest BCUT2D eigenvalue weighted by molar-refractivity contribution is 5.91. The number of rotatable bonds is 6. The number of nitrogens with one attached hydrogen (secondary N) is 1. The second kappa shape index (κ2) is 7.73. The number of hydrogen-bond acceptors (Lipinski definition) is 3. The Hall–Kier alpha value is -2.69. The molecule has 0 fully saturated rings. The maximum atomic E-state index is 12.0. The Kier molecular flexibility index (Phi) is 5.68. The van der Waals surface area contributed by atoms with E-state index in [-0.39, 0.29) is 11.6 Å². The summed E-state index contributed by atoms with van der Waals surface area (Å²) in [6.07, 6.45) is 0.973. The van der Waals surface area contributed by atoms with Crippen LogP contribution >= 0.6 is 0 Å². The first-order chi connectivity index (χ1) is 11.4. The molecule has 0 aliphatic carbocycles. The van der Waals surface area contributed by atoms with Gasteiger partial charge in [0.15, 0.2) is 0 Å². The molecule has 2 aromatic carbocycles. The molecule has 2 rings (SSSR count). The standard InChI is InChI=1S/C19H22N2O3/c1-13(2)16-8-5-15(6-9-16)7-11-19(22)20-17-10-4-14(3)18(12-17)21(23)24/h4-6,8-10,12-13H,7,11H2,1-3H3,(H,20,22). The van der Waals surface area contributed by atoms with E-state index in [1.54, 1.807) is 19.1 Å². The van der Waals surface area contributed by atoms with Gasteiger partial charge in [0, 0.05) is 23.7 Å². The Morgan fingerprint density at radius 2 is 1.83 bits per heavy atom. The van der Waals surface area contributed by atoms with Gasteiger partial charge in [-0.05, 0) is 36.5 Å². The lowest BCUT2D eigenvalue weighted by Gasteiger charge is -2.08. The SMILES string of the molecule is Cc1ccc(NC(=O)CCc2ccc(C(C)C)cc2)cc1[N+](=O)[O-]. The Bertz CT molecular complexity index is 737. The summed E-state index contributed by atoms with van der Waals surface area (Å²) in [5, 5.41) is 13.7. The van der Waals surface area contributed by atoms with Crippen LogP contribution < -0.4 is 5.32 Å². The third-order valence-corrected chi connectivity index (χ3v) is 3.98. The average Bonchev–Trinajstić information content (AvgIpc) is 2.55. The van der Waals surface area contributed by atoms with Gasteiger partial charge in [0.25, 0.3) is 5.69 Å². The van der Waals surface area contributed by atoms with Gasteiger partial charge in [-0.3, -0.25) is 14.9 Å². The highest BCUT2D eigenvalue weighted by atomic mass is 16.6. The molecule has 0 radical (unpaired) electrons. The van der Waals surface area contributed by atoms with Crippen molar-refractivity contribution >= 4 is 17.3 Å². The van der Waals surface area contributed by atoms with Crippen molar-refractivity contribution < 1.29 is 9.72 Å². The molecule has 1 amide bonds. The minimum absolute atomic E-state index is 0.0112. The van der Waals surface area contributed by atoms with E-state index in [9.17, 15) is 14.9 Å². The van der Waals surface area contributed by atoms with Crippen LogP contribution in [0.25, 0.3) is 0 Å². The summed E-state index contributed by atoms with van der Waals surface area (Å²) in [5.74, 6) is 0.334. The topological polar surface area (TPSA) is 72.2 Å². The van der Waals surface area contributed by atoms with Crippen LogP contribution in [-0.4, -0.2) is 10.8 Å². The molecule has 0 saturated heterocycles. The van der Waals surface area contributed by atoms with Crippen LogP contribution in [-0.2, 0) is 11.2 Å². The zero-order chi connectivity index (χ0) is 17.7. The second-order valence-electron chi connectivity index (χ2n) is 6.20. The Morgan fingerprint density at radius 1 is 1.17 bits per heavy atom. The fourth-order valence-electron chi connectivity index (χ4n) is 2.43. The number of carbonyl (C=O) groups is 1. The van der Waals surface area contributed by atoms with Crippen molar-refractivity contribution in [3.63, 3.8) is 0 Å². The van der Waals surface area contributed by atoms with Gasteiger partial charge >= 0.3 is 0 Å². The summed E-state index contributed by atoms with van der Waals surface area (Å²) in [7, 11) is 0. The number of aryl methyl sites for hydroxylation is 2. The molecule has 1 N–H and O–H groups in total. The van der Waals surface area contributed by atoms with Crippen molar-refractivity contribution in [2.24, 2.45) is 0 Å². The molecule has 0 aliphatic heterocycles. The fraction of sp³-hybridized carbons (Fsp3) is 0.316. The van der Waals surface area contributed by atoms with E-state index in [0.29, 0.717) is 30.0 Å². The van der Waals surface area contributed by atoms with E-state index >= 15 is 0 Å². The van der Waals surface area contributed by atoms with Crippen molar-refractivity contribution in [2.45, 2.75) is 39.5 Å². The molecule has 0 spiro atoms. The minimum Gasteiger partial charge on any atom is -0.326 e. The molecule has 5 nitrogen and oxygen atoms in total. The molecule has 0 aliphatic rings. The molecule has 126 valence electrons. The summed E-state index contributed by atoms with van der Waals surface area (Å²) in [6, 6.07) is 13.0. The van der Waals surface area contributed by atoms with E-state index in [1.807, 2.05) is 12.1 Å². The van der Waals surface area contributed by atoms with Crippen molar-refractivity contribution in [2.75, 3.05) is 5.32 Å². The zero-order valence-corrected chi connectivity index (χ0v) is 14.2. The summed E-state index contributed by atoms with van der Waals surface area (Å²) >= 11 is 0. The third-order valence-electron chi connectivity index (χ3n) is 3.98. The van der Waals surface area contributed by atoms with Crippen LogP contribution in [0.1, 0.15) is 42.9 Å². The van der Waals surface area contributed by atoms with E-state index in [0.717, 1.165) is 5.56 Å². The normalized spacial score (nSPS) is 10.7. The van der Waals surface area contributed by atoms with E-state index in [1.165, 1.54) is 11.6 Å². The van der Waals surface area contributed by atoms with Crippen LogP contribution in [0.4, 0.5) is 11.4 Å². The first-order valence-corrected chi connectivity index (χ1v) is 8.00. The van der Waals surface area contributed by atoms with Gasteiger partial charge in [0.2, 0.25) is 5.91 Å². The first-order valence-electron chi connectivity index (χ1n) is 8.00. The van der Waals surface area contributed by atoms with Crippen molar-refractivity contribution in [3.05, 3.63) is 69.3 Å². The number of nitro groups is 1. The summed E-state index contributed by atoms with van der Waals surface area (Å²) < 4.78 is 0. The molecule has 5 heteroatoms. The van der Waals surface area contributed by atoms with Crippen LogP contribution in [0.5, 0.6) is 0 Å². The van der Waals surface area contributed by atoms with Crippen molar-refractivity contribution in [1.82, 2.24) is 0 Å². The summed E-state index contributed by atoms with van der Waals surface area (Å²) in [4.78, 5) is 22.5. The number of benzene rings is 2. The predicted molar refractivity (Wildman–Crippen MR) is 95.3 cm³/mol. The van der Waals surface area contributed by atoms with Gasteiger partial charge in [-0.1, -0.05) is 44.2 Å². The molecule has 0 aromatic heterocycles. The first kappa shape index (κ1) is 17.7. The van der Waals surface area contributed by atoms with E-state index in [2.05, 4.69) is 31.3 Å².